The van der Waals surface area contributed by atoms with Crippen LogP contribution in [0.25, 0.3) is 0 Å². The third kappa shape index (κ3) is 3.77. The van der Waals surface area contributed by atoms with Gasteiger partial charge in [0.15, 0.2) is 0 Å². The molecule has 0 aliphatic heterocycles. The zero-order valence-corrected chi connectivity index (χ0v) is 14.3. The van der Waals surface area contributed by atoms with Crippen molar-refractivity contribution >= 4 is 5.91 Å². The Bertz CT molecular complexity index is 502. The summed E-state index contributed by atoms with van der Waals surface area (Å²) in [6.45, 7) is 3.74. The minimum atomic E-state index is 0.195. The predicted molar refractivity (Wildman–Crippen MR) is 93.7 cm³/mol. The lowest BCUT2D eigenvalue weighted by Gasteiger charge is -2.44. The Kier molecular flexibility index (Phi) is 5.37. The SMILES string of the molecule is CCCN(Cc1ccccc1)C(=O)C1CC2CCCC(C1)C2N. The van der Waals surface area contributed by atoms with Crippen LogP contribution in [0.1, 0.15) is 51.0 Å². The van der Waals surface area contributed by atoms with E-state index in [0.717, 1.165) is 32.4 Å². The highest BCUT2D eigenvalue weighted by Crippen LogP contribution is 2.42. The number of hydrogen-bond acceptors (Lipinski definition) is 2. The maximum absolute atomic E-state index is 13.1. The van der Waals surface area contributed by atoms with E-state index in [4.69, 9.17) is 5.73 Å². The smallest absolute Gasteiger partial charge is 0.226 e. The Labute approximate surface area is 140 Å². The molecule has 2 aliphatic rings. The monoisotopic (exact) mass is 314 g/mol. The molecule has 1 amide bonds. The van der Waals surface area contributed by atoms with E-state index < -0.39 is 0 Å². The molecule has 0 aromatic heterocycles. The number of carbonyl (C=O) groups excluding carboxylic acids is 1. The molecule has 2 fully saturated rings. The number of amides is 1. The van der Waals surface area contributed by atoms with Crippen molar-refractivity contribution in [3.05, 3.63) is 35.9 Å². The van der Waals surface area contributed by atoms with E-state index in [0.29, 0.717) is 23.8 Å². The van der Waals surface area contributed by atoms with Crippen molar-refractivity contribution in [2.45, 2.75) is 58.0 Å². The first-order chi connectivity index (χ1) is 11.2. The van der Waals surface area contributed by atoms with Gasteiger partial charge in [0.2, 0.25) is 5.91 Å². The van der Waals surface area contributed by atoms with Crippen LogP contribution in [-0.4, -0.2) is 23.4 Å². The van der Waals surface area contributed by atoms with Gasteiger partial charge in [0.25, 0.3) is 0 Å². The number of fused-ring (bicyclic) bond motifs is 2. The molecule has 3 nitrogen and oxygen atoms in total. The van der Waals surface area contributed by atoms with Crippen molar-refractivity contribution < 1.29 is 4.79 Å². The number of benzene rings is 1. The lowest BCUT2D eigenvalue weighted by atomic mass is 9.65. The first-order valence-corrected chi connectivity index (χ1v) is 9.27. The van der Waals surface area contributed by atoms with Crippen molar-refractivity contribution in [2.24, 2.45) is 23.5 Å². The first kappa shape index (κ1) is 16.5. The summed E-state index contributed by atoms with van der Waals surface area (Å²) in [6.07, 6.45) is 6.75. The van der Waals surface area contributed by atoms with Crippen molar-refractivity contribution in [3.63, 3.8) is 0 Å². The van der Waals surface area contributed by atoms with E-state index in [9.17, 15) is 4.79 Å². The Hall–Kier alpha value is -1.35. The van der Waals surface area contributed by atoms with Crippen LogP contribution in [0.15, 0.2) is 30.3 Å². The minimum absolute atomic E-state index is 0.195. The maximum Gasteiger partial charge on any atom is 0.226 e. The third-order valence-electron chi connectivity index (χ3n) is 5.78. The van der Waals surface area contributed by atoms with E-state index in [-0.39, 0.29) is 5.92 Å². The Morgan fingerprint density at radius 2 is 1.83 bits per heavy atom. The fourth-order valence-corrected chi connectivity index (χ4v) is 4.59. The molecule has 0 saturated heterocycles. The quantitative estimate of drug-likeness (QED) is 0.903. The van der Waals surface area contributed by atoms with Crippen LogP contribution in [-0.2, 0) is 11.3 Å². The summed E-state index contributed by atoms with van der Waals surface area (Å²) < 4.78 is 0. The van der Waals surface area contributed by atoms with Crippen LogP contribution in [0.5, 0.6) is 0 Å². The molecular formula is C20H30N2O. The van der Waals surface area contributed by atoms with Crippen molar-refractivity contribution in [2.75, 3.05) is 6.54 Å². The lowest BCUT2D eigenvalue weighted by Crippen LogP contribution is -2.49. The molecule has 126 valence electrons. The van der Waals surface area contributed by atoms with Gasteiger partial charge in [-0.1, -0.05) is 43.7 Å². The first-order valence-electron chi connectivity index (χ1n) is 9.27. The molecule has 2 N–H and O–H groups in total. The number of carbonyl (C=O) groups is 1. The van der Waals surface area contributed by atoms with Crippen molar-refractivity contribution in [1.82, 2.24) is 4.90 Å². The third-order valence-corrected chi connectivity index (χ3v) is 5.78. The van der Waals surface area contributed by atoms with Gasteiger partial charge in [-0.2, -0.15) is 0 Å². The Balaban J connectivity index is 1.68. The Morgan fingerprint density at radius 3 is 2.43 bits per heavy atom. The standard InChI is InChI=1S/C20H30N2O/c1-2-11-22(14-15-7-4-3-5-8-15)20(23)18-12-16-9-6-10-17(13-18)19(16)21/h3-5,7-8,16-19H,2,6,9-14,21H2,1H3. The molecule has 3 rings (SSSR count). The molecule has 2 atom stereocenters. The molecule has 2 aliphatic carbocycles. The molecule has 1 aromatic carbocycles. The summed E-state index contributed by atoms with van der Waals surface area (Å²) in [4.78, 5) is 15.2. The second kappa shape index (κ2) is 7.48. The van der Waals surface area contributed by atoms with Gasteiger partial charge in [0, 0.05) is 25.0 Å². The number of hydrogen-bond donors (Lipinski definition) is 1. The van der Waals surface area contributed by atoms with Crippen LogP contribution >= 0.6 is 0 Å². The van der Waals surface area contributed by atoms with Gasteiger partial charge in [-0.3, -0.25) is 4.79 Å². The van der Waals surface area contributed by atoms with Crippen LogP contribution in [0.2, 0.25) is 0 Å². The fraction of sp³-hybridized carbons (Fsp3) is 0.650. The van der Waals surface area contributed by atoms with E-state index in [1.165, 1.54) is 24.8 Å². The predicted octanol–water partition coefficient (Wildman–Crippen LogP) is 3.58. The molecule has 3 heteroatoms. The largest absolute Gasteiger partial charge is 0.338 e. The number of nitrogens with two attached hydrogens (primary N) is 1. The molecule has 2 saturated carbocycles. The van der Waals surface area contributed by atoms with Gasteiger partial charge in [-0.05, 0) is 49.5 Å². The average molecular weight is 314 g/mol. The van der Waals surface area contributed by atoms with Gasteiger partial charge in [-0.15, -0.1) is 0 Å². The van der Waals surface area contributed by atoms with Gasteiger partial charge in [-0.25, -0.2) is 0 Å². The average Bonchev–Trinajstić information content (AvgIpc) is 2.54. The zero-order chi connectivity index (χ0) is 16.2. The van der Waals surface area contributed by atoms with E-state index in [1.807, 2.05) is 18.2 Å². The highest BCUT2D eigenvalue weighted by Gasteiger charge is 2.41. The summed E-state index contributed by atoms with van der Waals surface area (Å²) in [5.74, 6) is 1.69. The minimum Gasteiger partial charge on any atom is -0.338 e. The molecule has 2 bridgehead atoms. The molecule has 0 radical (unpaired) electrons. The maximum atomic E-state index is 13.1. The lowest BCUT2D eigenvalue weighted by molar-refractivity contribution is -0.139. The van der Waals surface area contributed by atoms with Gasteiger partial charge in [0.05, 0.1) is 0 Å². The van der Waals surface area contributed by atoms with E-state index in [2.05, 4.69) is 24.0 Å². The molecule has 1 aromatic rings. The normalized spacial score (nSPS) is 30.0. The molecular weight excluding hydrogens is 284 g/mol. The van der Waals surface area contributed by atoms with Gasteiger partial charge < -0.3 is 10.6 Å². The van der Waals surface area contributed by atoms with Crippen LogP contribution in [0, 0.1) is 17.8 Å². The van der Waals surface area contributed by atoms with Crippen LogP contribution in [0.3, 0.4) is 0 Å². The van der Waals surface area contributed by atoms with Crippen LogP contribution < -0.4 is 5.73 Å². The summed E-state index contributed by atoms with van der Waals surface area (Å²) in [5.41, 5.74) is 7.60. The van der Waals surface area contributed by atoms with Gasteiger partial charge >= 0.3 is 0 Å². The summed E-state index contributed by atoms with van der Waals surface area (Å²) in [5, 5.41) is 0. The molecule has 23 heavy (non-hydrogen) atoms. The summed E-state index contributed by atoms with van der Waals surface area (Å²) in [7, 11) is 0. The second-order valence-corrected chi connectivity index (χ2v) is 7.44. The molecule has 0 heterocycles. The fourth-order valence-electron chi connectivity index (χ4n) is 4.59. The summed E-state index contributed by atoms with van der Waals surface area (Å²) >= 11 is 0. The second-order valence-electron chi connectivity index (χ2n) is 7.44. The number of rotatable bonds is 5. The van der Waals surface area contributed by atoms with Crippen LogP contribution in [0.4, 0.5) is 0 Å². The van der Waals surface area contributed by atoms with E-state index >= 15 is 0 Å². The molecule has 0 spiro atoms. The number of nitrogens with zero attached hydrogens (tertiary/aromatic N) is 1. The van der Waals surface area contributed by atoms with Crippen molar-refractivity contribution in [3.8, 4) is 0 Å². The topological polar surface area (TPSA) is 46.3 Å². The van der Waals surface area contributed by atoms with E-state index in [1.54, 1.807) is 0 Å². The zero-order valence-electron chi connectivity index (χ0n) is 14.3. The highest BCUT2D eigenvalue weighted by atomic mass is 16.2. The summed E-state index contributed by atoms with van der Waals surface area (Å²) in [6, 6.07) is 10.7. The van der Waals surface area contributed by atoms with Gasteiger partial charge in [0.1, 0.15) is 0 Å². The van der Waals surface area contributed by atoms with Crippen molar-refractivity contribution in [1.29, 1.82) is 0 Å². The molecule has 2 unspecified atom stereocenters. The highest BCUT2D eigenvalue weighted by molar-refractivity contribution is 5.79. The Morgan fingerprint density at radius 1 is 1.17 bits per heavy atom.